The van der Waals surface area contributed by atoms with Crippen LogP contribution in [0.15, 0.2) is 30.3 Å². The van der Waals surface area contributed by atoms with Crippen molar-refractivity contribution in [2.45, 2.75) is 11.8 Å². The van der Waals surface area contributed by atoms with Crippen LogP contribution in [-0.2, 0) is 0 Å². The number of alkyl halides is 1. The van der Waals surface area contributed by atoms with Crippen molar-refractivity contribution in [1.82, 2.24) is 0 Å². The van der Waals surface area contributed by atoms with E-state index in [9.17, 15) is 0 Å². The summed E-state index contributed by atoms with van der Waals surface area (Å²) in [6.07, 6.45) is 0. The third-order valence-corrected chi connectivity index (χ3v) is 5.45. The summed E-state index contributed by atoms with van der Waals surface area (Å²) in [5.41, 5.74) is 2.26. The summed E-state index contributed by atoms with van der Waals surface area (Å²) in [6.45, 7) is 2.01. The van der Waals surface area contributed by atoms with Gasteiger partial charge in [0, 0.05) is 9.90 Å². The highest BCUT2D eigenvalue weighted by Gasteiger charge is 2.14. The molecule has 0 spiro atoms. The summed E-state index contributed by atoms with van der Waals surface area (Å²) in [4.78, 5) is 1.35. The summed E-state index contributed by atoms with van der Waals surface area (Å²) in [5, 5.41) is 0.751. The molecule has 84 valence electrons. The minimum atomic E-state index is 0.155. The van der Waals surface area contributed by atoms with Crippen LogP contribution in [0.3, 0.4) is 0 Å². The Morgan fingerprint density at radius 1 is 1.25 bits per heavy atom. The Labute approximate surface area is 117 Å². The Kier molecular flexibility index (Phi) is 3.96. The fourth-order valence-electron chi connectivity index (χ4n) is 1.44. The first-order valence-electron chi connectivity index (χ1n) is 4.73. The molecule has 0 fully saturated rings. The predicted molar refractivity (Wildman–Crippen MR) is 76.3 cm³/mol. The molecule has 1 heterocycles. The molecule has 0 saturated heterocycles. The zero-order valence-electron chi connectivity index (χ0n) is 8.51. The molecule has 1 aromatic heterocycles. The number of hydrogen-bond donors (Lipinski definition) is 0. The van der Waals surface area contributed by atoms with Crippen LogP contribution in [0.1, 0.15) is 20.8 Å². The monoisotopic (exact) mass is 334 g/mol. The van der Waals surface area contributed by atoms with Gasteiger partial charge in [-0.25, -0.2) is 0 Å². The van der Waals surface area contributed by atoms with Crippen LogP contribution in [0, 0.1) is 6.92 Å². The van der Waals surface area contributed by atoms with Crippen molar-refractivity contribution in [3.8, 4) is 0 Å². The van der Waals surface area contributed by atoms with Gasteiger partial charge < -0.3 is 0 Å². The summed E-state index contributed by atoms with van der Waals surface area (Å²) in [5.74, 6) is 0. The lowest BCUT2D eigenvalue weighted by Gasteiger charge is -2.07. The van der Waals surface area contributed by atoms with E-state index in [-0.39, 0.29) is 4.83 Å². The minimum absolute atomic E-state index is 0.155. The highest BCUT2D eigenvalue weighted by molar-refractivity contribution is 9.09. The fourth-order valence-corrected chi connectivity index (χ4v) is 3.56. The molecule has 1 atom stereocenters. The molecule has 0 aliphatic rings. The van der Waals surface area contributed by atoms with Crippen molar-refractivity contribution in [3.63, 3.8) is 0 Å². The van der Waals surface area contributed by atoms with Gasteiger partial charge >= 0.3 is 0 Å². The Hall–Kier alpha value is -0.0200. The van der Waals surface area contributed by atoms with E-state index in [1.165, 1.54) is 4.88 Å². The molecule has 4 heteroatoms. The third-order valence-electron chi connectivity index (χ3n) is 2.27. The van der Waals surface area contributed by atoms with Crippen molar-refractivity contribution >= 4 is 50.5 Å². The van der Waals surface area contributed by atoms with E-state index in [1.807, 2.05) is 31.2 Å². The highest BCUT2D eigenvalue weighted by atomic mass is 79.9. The van der Waals surface area contributed by atoms with E-state index in [0.717, 1.165) is 20.5 Å². The maximum absolute atomic E-state index is 6.06. The van der Waals surface area contributed by atoms with E-state index in [2.05, 4.69) is 22.0 Å². The van der Waals surface area contributed by atoms with Gasteiger partial charge in [0.05, 0.1) is 9.16 Å². The second-order valence-corrected chi connectivity index (χ2v) is 6.56. The Morgan fingerprint density at radius 2 is 2.00 bits per heavy atom. The van der Waals surface area contributed by atoms with Crippen LogP contribution in [0.4, 0.5) is 0 Å². The standard InChI is InChI=1S/C12H9BrCl2S/c1-7-5-10(16-12(7)15)11(13)8-3-2-4-9(14)6-8/h2-6,11H,1H3. The van der Waals surface area contributed by atoms with Crippen molar-refractivity contribution in [2.75, 3.05) is 0 Å². The van der Waals surface area contributed by atoms with Gasteiger partial charge in [-0.15, -0.1) is 11.3 Å². The normalized spacial score (nSPS) is 12.8. The van der Waals surface area contributed by atoms with Crippen LogP contribution in [0.2, 0.25) is 9.36 Å². The number of thiophene rings is 1. The molecule has 1 aromatic carbocycles. The second-order valence-electron chi connectivity index (χ2n) is 3.52. The molecule has 2 aromatic rings. The van der Waals surface area contributed by atoms with Crippen LogP contribution in [-0.4, -0.2) is 0 Å². The fraction of sp³-hybridized carbons (Fsp3) is 0.167. The molecule has 0 nitrogen and oxygen atoms in total. The first-order valence-corrected chi connectivity index (χ1v) is 7.22. The van der Waals surface area contributed by atoms with Gasteiger partial charge in [0.25, 0.3) is 0 Å². The Morgan fingerprint density at radius 3 is 2.56 bits per heavy atom. The quantitative estimate of drug-likeness (QED) is 0.604. The van der Waals surface area contributed by atoms with Crippen LogP contribution >= 0.6 is 50.5 Å². The maximum atomic E-state index is 6.06. The van der Waals surface area contributed by atoms with E-state index in [4.69, 9.17) is 23.2 Å². The van der Waals surface area contributed by atoms with Crippen molar-refractivity contribution in [2.24, 2.45) is 0 Å². The number of aryl methyl sites for hydroxylation is 1. The molecule has 16 heavy (non-hydrogen) atoms. The molecule has 0 saturated carbocycles. The molecular weight excluding hydrogens is 327 g/mol. The van der Waals surface area contributed by atoms with Crippen LogP contribution in [0.25, 0.3) is 0 Å². The summed E-state index contributed by atoms with van der Waals surface area (Å²) < 4.78 is 0.849. The summed E-state index contributed by atoms with van der Waals surface area (Å²) in [6, 6.07) is 9.94. The van der Waals surface area contributed by atoms with E-state index < -0.39 is 0 Å². The Balaban J connectivity index is 2.35. The topological polar surface area (TPSA) is 0 Å². The average Bonchev–Trinajstić information content (AvgIpc) is 2.58. The zero-order chi connectivity index (χ0) is 11.7. The first-order chi connectivity index (χ1) is 7.58. The molecule has 1 unspecified atom stereocenters. The number of rotatable bonds is 2. The molecule has 0 aliphatic carbocycles. The van der Waals surface area contributed by atoms with Gasteiger partial charge in [0.15, 0.2) is 0 Å². The lowest BCUT2D eigenvalue weighted by Crippen LogP contribution is -1.88. The smallest absolute Gasteiger partial charge is 0.0960 e. The second kappa shape index (κ2) is 5.09. The number of benzene rings is 1. The molecule has 0 N–H and O–H groups in total. The number of hydrogen-bond acceptors (Lipinski definition) is 1. The van der Waals surface area contributed by atoms with Gasteiger partial charge in [0.1, 0.15) is 0 Å². The van der Waals surface area contributed by atoms with Crippen molar-refractivity contribution < 1.29 is 0 Å². The summed E-state index contributed by atoms with van der Waals surface area (Å²) >= 11 is 17.3. The van der Waals surface area contributed by atoms with E-state index in [1.54, 1.807) is 11.3 Å². The van der Waals surface area contributed by atoms with Gasteiger partial charge in [-0.1, -0.05) is 51.3 Å². The van der Waals surface area contributed by atoms with Crippen LogP contribution < -0.4 is 0 Å². The van der Waals surface area contributed by atoms with Crippen molar-refractivity contribution in [3.05, 3.63) is 55.7 Å². The largest absolute Gasteiger partial charge is 0.127 e. The average molecular weight is 336 g/mol. The molecule has 0 amide bonds. The molecule has 2 rings (SSSR count). The molecule has 0 aliphatic heterocycles. The van der Waals surface area contributed by atoms with Gasteiger partial charge in [-0.2, -0.15) is 0 Å². The minimum Gasteiger partial charge on any atom is -0.127 e. The SMILES string of the molecule is Cc1cc(C(Br)c2cccc(Cl)c2)sc1Cl. The lowest BCUT2D eigenvalue weighted by molar-refractivity contribution is 1.22. The highest BCUT2D eigenvalue weighted by Crippen LogP contribution is 2.39. The van der Waals surface area contributed by atoms with E-state index in [0.29, 0.717) is 0 Å². The zero-order valence-corrected chi connectivity index (χ0v) is 12.4. The summed E-state index contributed by atoms with van der Waals surface area (Å²) in [7, 11) is 0. The van der Waals surface area contributed by atoms with Crippen molar-refractivity contribution in [1.29, 1.82) is 0 Å². The van der Waals surface area contributed by atoms with Gasteiger partial charge in [-0.3, -0.25) is 0 Å². The first kappa shape index (κ1) is 12.4. The molecule has 0 bridgehead atoms. The van der Waals surface area contributed by atoms with Gasteiger partial charge in [0.2, 0.25) is 0 Å². The number of halogens is 3. The maximum Gasteiger partial charge on any atom is 0.0960 e. The molecular formula is C12H9BrCl2S. The molecule has 0 radical (unpaired) electrons. The van der Waals surface area contributed by atoms with Crippen LogP contribution in [0.5, 0.6) is 0 Å². The predicted octanol–water partition coefficient (Wildman–Crippen LogP) is 5.85. The Bertz CT molecular complexity index is 488. The van der Waals surface area contributed by atoms with E-state index >= 15 is 0 Å². The third kappa shape index (κ3) is 2.62. The van der Waals surface area contributed by atoms with Gasteiger partial charge in [-0.05, 0) is 36.2 Å². The lowest BCUT2D eigenvalue weighted by atomic mass is 10.1.